The van der Waals surface area contributed by atoms with E-state index in [0.29, 0.717) is 6.07 Å². The van der Waals surface area contributed by atoms with Crippen molar-refractivity contribution < 1.29 is 26.7 Å². The van der Waals surface area contributed by atoms with Crippen LogP contribution in [0, 0.1) is 11.6 Å². The summed E-state index contributed by atoms with van der Waals surface area (Å²) in [5.41, 5.74) is 0. The van der Waals surface area contributed by atoms with Crippen LogP contribution in [-0.2, 0) is 0 Å². The van der Waals surface area contributed by atoms with E-state index < -0.39 is 30.2 Å². The summed E-state index contributed by atoms with van der Waals surface area (Å²) in [6.45, 7) is -1.63. The number of ether oxygens (including phenoxy) is 1. The van der Waals surface area contributed by atoms with Crippen molar-refractivity contribution in [1.29, 1.82) is 0 Å². The highest BCUT2D eigenvalue weighted by atomic mass is 79.9. The lowest BCUT2D eigenvalue weighted by atomic mass is 10.3. The topological polar surface area (TPSA) is 9.23 Å². The van der Waals surface area contributed by atoms with Gasteiger partial charge in [0.15, 0.2) is 18.2 Å². The van der Waals surface area contributed by atoms with Crippen molar-refractivity contribution in [2.45, 2.75) is 6.18 Å². The van der Waals surface area contributed by atoms with E-state index in [1.165, 1.54) is 0 Å². The third kappa shape index (κ3) is 3.65. The zero-order valence-corrected chi connectivity index (χ0v) is 8.62. The van der Waals surface area contributed by atoms with Gasteiger partial charge < -0.3 is 4.74 Å². The molecule has 1 nitrogen and oxygen atoms in total. The molecular formula is C8H4BrF5O. The van der Waals surface area contributed by atoms with Crippen LogP contribution in [0.5, 0.6) is 5.75 Å². The fourth-order valence-electron chi connectivity index (χ4n) is 0.821. The Labute approximate surface area is 90.0 Å². The molecule has 84 valence electrons. The molecule has 0 atom stereocenters. The maximum absolute atomic E-state index is 12.9. The second kappa shape index (κ2) is 4.34. The Morgan fingerprint density at radius 2 is 1.80 bits per heavy atom. The molecule has 0 radical (unpaired) electrons. The summed E-state index contributed by atoms with van der Waals surface area (Å²) in [6.07, 6.45) is -4.57. The summed E-state index contributed by atoms with van der Waals surface area (Å²) in [6, 6.07) is 1.26. The molecule has 0 aromatic heterocycles. The largest absolute Gasteiger partial charge is 0.480 e. The molecule has 1 aromatic rings. The molecule has 0 spiro atoms. The van der Waals surface area contributed by atoms with E-state index in [-0.39, 0.29) is 4.47 Å². The number of halogens is 6. The number of benzene rings is 1. The monoisotopic (exact) mass is 290 g/mol. The van der Waals surface area contributed by atoms with Crippen LogP contribution in [0.4, 0.5) is 22.0 Å². The molecule has 15 heavy (non-hydrogen) atoms. The van der Waals surface area contributed by atoms with Crippen LogP contribution in [0.25, 0.3) is 0 Å². The van der Waals surface area contributed by atoms with Crippen LogP contribution in [-0.4, -0.2) is 12.8 Å². The predicted molar refractivity (Wildman–Crippen MR) is 45.6 cm³/mol. The average molecular weight is 291 g/mol. The van der Waals surface area contributed by atoms with Crippen LogP contribution in [0.15, 0.2) is 16.6 Å². The van der Waals surface area contributed by atoms with Crippen LogP contribution in [0.2, 0.25) is 0 Å². The number of alkyl halides is 3. The smallest absolute Gasteiger partial charge is 0.422 e. The third-order valence-corrected chi connectivity index (χ3v) is 1.93. The average Bonchev–Trinajstić information content (AvgIpc) is 1.99. The Hall–Kier alpha value is -0.850. The maximum Gasteiger partial charge on any atom is 0.422 e. The molecule has 0 fully saturated rings. The Morgan fingerprint density at radius 1 is 1.20 bits per heavy atom. The zero-order chi connectivity index (χ0) is 11.6. The van der Waals surface area contributed by atoms with Crippen molar-refractivity contribution in [2.24, 2.45) is 0 Å². The highest BCUT2D eigenvalue weighted by Crippen LogP contribution is 2.30. The van der Waals surface area contributed by atoms with Gasteiger partial charge in [0.05, 0.1) is 4.47 Å². The van der Waals surface area contributed by atoms with Crippen molar-refractivity contribution in [2.75, 3.05) is 6.61 Å². The van der Waals surface area contributed by atoms with Gasteiger partial charge in [-0.2, -0.15) is 13.2 Å². The first-order valence-electron chi connectivity index (χ1n) is 3.63. The van der Waals surface area contributed by atoms with Gasteiger partial charge in [-0.1, -0.05) is 0 Å². The minimum absolute atomic E-state index is 0.204. The SMILES string of the molecule is Fc1cc(F)c(OCC(F)(F)F)c(Br)c1. The van der Waals surface area contributed by atoms with Gasteiger partial charge in [0.2, 0.25) is 0 Å². The van der Waals surface area contributed by atoms with Crippen molar-refractivity contribution in [3.8, 4) is 5.75 Å². The molecule has 0 saturated heterocycles. The second-order valence-corrected chi connectivity index (χ2v) is 3.46. The van der Waals surface area contributed by atoms with Gasteiger partial charge in [-0.05, 0) is 22.0 Å². The summed E-state index contributed by atoms with van der Waals surface area (Å²) in [5.74, 6) is -2.75. The molecule has 0 saturated carbocycles. The van der Waals surface area contributed by atoms with E-state index in [1.54, 1.807) is 0 Å². The predicted octanol–water partition coefficient (Wildman–Crippen LogP) is 3.67. The highest BCUT2D eigenvalue weighted by molar-refractivity contribution is 9.10. The highest BCUT2D eigenvalue weighted by Gasteiger charge is 2.29. The van der Waals surface area contributed by atoms with Gasteiger partial charge in [-0.3, -0.25) is 0 Å². The van der Waals surface area contributed by atoms with E-state index in [1.807, 2.05) is 0 Å². The Balaban J connectivity index is 2.86. The molecule has 7 heteroatoms. The van der Waals surface area contributed by atoms with Crippen LogP contribution in [0.1, 0.15) is 0 Å². The van der Waals surface area contributed by atoms with Gasteiger partial charge in [0.1, 0.15) is 5.82 Å². The fraction of sp³-hybridized carbons (Fsp3) is 0.250. The minimum atomic E-state index is -4.57. The van der Waals surface area contributed by atoms with Crippen LogP contribution in [0.3, 0.4) is 0 Å². The van der Waals surface area contributed by atoms with Crippen molar-refractivity contribution in [1.82, 2.24) is 0 Å². The van der Waals surface area contributed by atoms with E-state index in [4.69, 9.17) is 0 Å². The summed E-state index contributed by atoms with van der Waals surface area (Å²) < 4.78 is 64.7. The van der Waals surface area contributed by atoms with Gasteiger partial charge in [-0.25, -0.2) is 8.78 Å². The summed E-state index contributed by atoms with van der Waals surface area (Å²) in [7, 11) is 0. The lowest BCUT2D eigenvalue weighted by Gasteiger charge is -2.11. The van der Waals surface area contributed by atoms with Gasteiger partial charge >= 0.3 is 6.18 Å². The van der Waals surface area contributed by atoms with Crippen LogP contribution < -0.4 is 4.74 Å². The van der Waals surface area contributed by atoms with Gasteiger partial charge in [0, 0.05) is 6.07 Å². The Kier molecular flexibility index (Phi) is 3.54. The fourth-order valence-corrected chi connectivity index (χ4v) is 1.34. The lowest BCUT2D eigenvalue weighted by molar-refractivity contribution is -0.153. The summed E-state index contributed by atoms with van der Waals surface area (Å²) in [4.78, 5) is 0. The van der Waals surface area contributed by atoms with E-state index in [0.717, 1.165) is 6.07 Å². The molecule has 0 aliphatic carbocycles. The second-order valence-electron chi connectivity index (χ2n) is 2.60. The standard InChI is InChI=1S/C8H4BrF5O/c9-5-1-4(10)2-6(11)7(5)15-3-8(12,13)14/h1-2H,3H2. The molecule has 0 aliphatic rings. The molecule has 1 aromatic carbocycles. The Bertz CT molecular complexity index is 340. The zero-order valence-electron chi connectivity index (χ0n) is 7.04. The first-order chi connectivity index (χ1) is 6.79. The molecule has 0 aliphatic heterocycles. The molecule has 1 rings (SSSR count). The summed E-state index contributed by atoms with van der Waals surface area (Å²) in [5, 5.41) is 0. The first-order valence-corrected chi connectivity index (χ1v) is 4.43. The lowest BCUT2D eigenvalue weighted by Crippen LogP contribution is -2.19. The molecule has 0 heterocycles. The number of rotatable bonds is 2. The molecule has 0 bridgehead atoms. The minimum Gasteiger partial charge on any atom is -0.480 e. The maximum atomic E-state index is 12.9. The van der Waals surface area contributed by atoms with E-state index in [9.17, 15) is 22.0 Å². The van der Waals surface area contributed by atoms with Gasteiger partial charge in [0.25, 0.3) is 0 Å². The molecule has 0 unspecified atom stereocenters. The molecule has 0 amide bonds. The third-order valence-electron chi connectivity index (χ3n) is 1.34. The number of hydrogen-bond acceptors (Lipinski definition) is 1. The quantitative estimate of drug-likeness (QED) is 0.755. The number of hydrogen-bond donors (Lipinski definition) is 0. The van der Waals surface area contributed by atoms with Gasteiger partial charge in [-0.15, -0.1) is 0 Å². The van der Waals surface area contributed by atoms with Crippen LogP contribution >= 0.6 is 15.9 Å². The molecular weight excluding hydrogens is 287 g/mol. The first kappa shape index (κ1) is 12.2. The van der Waals surface area contributed by atoms with Crippen molar-refractivity contribution >= 4 is 15.9 Å². The van der Waals surface area contributed by atoms with Crippen molar-refractivity contribution in [3.05, 3.63) is 28.2 Å². The summed E-state index contributed by atoms with van der Waals surface area (Å²) >= 11 is 2.69. The van der Waals surface area contributed by atoms with Crippen molar-refractivity contribution in [3.63, 3.8) is 0 Å². The Morgan fingerprint density at radius 3 is 2.27 bits per heavy atom. The van der Waals surface area contributed by atoms with E-state index in [2.05, 4.69) is 20.7 Å². The normalized spacial score (nSPS) is 11.6. The molecule has 0 N–H and O–H groups in total. The van der Waals surface area contributed by atoms with E-state index >= 15 is 0 Å².